The molecule has 0 aliphatic rings. The van der Waals surface area contributed by atoms with E-state index in [0.29, 0.717) is 18.4 Å². The van der Waals surface area contributed by atoms with Gasteiger partial charge in [0.25, 0.3) is 0 Å². The Hall–Kier alpha value is -0.960. The van der Waals surface area contributed by atoms with Crippen molar-refractivity contribution in [2.45, 2.75) is 37.6 Å². The number of hydrogen-bond donors (Lipinski definition) is 3. The van der Waals surface area contributed by atoms with E-state index in [2.05, 4.69) is 4.72 Å². The molecule has 1 heterocycles. The van der Waals surface area contributed by atoms with Crippen molar-refractivity contribution in [3.05, 3.63) is 15.8 Å². The molecule has 0 saturated heterocycles. The molecule has 0 radical (unpaired) electrons. The van der Waals surface area contributed by atoms with Gasteiger partial charge in [0.05, 0.1) is 0 Å². The normalized spacial score (nSPS) is 13.4. The molecule has 0 spiro atoms. The highest BCUT2D eigenvalue weighted by molar-refractivity contribution is 7.89. The number of aliphatic hydroxyl groups excluding tert-OH is 1. The zero-order valence-corrected chi connectivity index (χ0v) is 12.3. The number of carboxylic acid groups (broad SMARTS) is 1. The number of nitrogens with one attached hydrogen (secondary N) is 1. The van der Waals surface area contributed by atoms with Gasteiger partial charge in [-0.3, -0.25) is 0 Å². The maximum absolute atomic E-state index is 12.2. The van der Waals surface area contributed by atoms with Crippen molar-refractivity contribution in [2.75, 3.05) is 6.61 Å². The fourth-order valence-corrected chi connectivity index (χ4v) is 4.68. The van der Waals surface area contributed by atoms with E-state index in [-0.39, 0.29) is 16.4 Å². The summed E-state index contributed by atoms with van der Waals surface area (Å²) in [5.74, 6) is -1.26. The largest absolute Gasteiger partial charge is 0.477 e. The van der Waals surface area contributed by atoms with Crippen LogP contribution in [0.4, 0.5) is 0 Å². The van der Waals surface area contributed by atoms with Crippen LogP contribution < -0.4 is 4.72 Å². The fourth-order valence-electron chi connectivity index (χ4n) is 1.70. The van der Waals surface area contributed by atoms with Gasteiger partial charge in [-0.2, -0.15) is 0 Å². The van der Waals surface area contributed by atoms with Gasteiger partial charge in [0, 0.05) is 12.6 Å². The van der Waals surface area contributed by atoms with E-state index < -0.39 is 22.0 Å². The molecule has 1 rings (SSSR count). The second-order valence-electron chi connectivity index (χ2n) is 4.12. The first-order chi connectivity index (χ1) is 8.83. The third-order valence-electron chi connectivity index (χ3n) is 2.67. The number of carbonyl (C=O) groups is 1. The van der Waals surface area contributed by atoms with Crippen LogP contribution >= 0.6 is 11.3 Å². The van der Waals surface area contributed by atoms with E-state index in [1.54, 1.807) is 13.8 Å². The van der Waals surface area contributed by atoms with Gasteiger partial charge in [-0.05, 0) is 30.7 Å². The summed E-state index contributed by atoms with van der Waals surface area (Å²) in [6.45, 7) is 3.22. The summed E-state index contributed by atoms with van der Waals surface area (Å²) in [6.07, 6.45) is 0.812. The standard InChI is InChI=1S/C11H17NO5S2/c1-3-8(4-5-13)12-19(16,17)10-7(2)6-18-9(10)11(14)15/h6,8,12-13H,3-5H2,1-2H3,(H,14,15). The van der Waals surface area contributed by atoms with Crippen LogP contribution in [-0.2, 0) is 10.0 Å². The van der Waals surface area contributed by atoms with Gasteiger partial charge in [-0.25, -0.2) is 17.9 Å². The Morgan fingerprint density at radius 1 is 1.53 bits per heavy atom. The van der Waals surface area contributed by atoms with Gasteiger partial charge < -0.3 is 10.2 Å². The maximum atomic E-state index is 12.2. The van der Waals surface area contributed by atoms with Gasteiger partial charge in [-0.15, -0.1) is 11.3 Å². The average molecular weight is 307 g/mol. The van der Waals surface area contributed by atoms with Crippen molar-refractivity contribution in [3.63, 3.8) is 0 Å². The Balaban J connectivity index is 3.13. The second kappa shape index (κ2) is 6.47. The van der Waals surface area contributed by atoms with Gasteiger partial charge in [0.1, 0.15) is 9.77 Å². The lowest BCUT2D eigenvalue weighted by Gasteiger charge is -2.16. The number of aromatic carboxylic acids is 1. The lowest BCUT2D eigenvalue weighted by molar-refractivity contribution is 0.0698. The smallest absolute Gasteiger partial charge is 0.347 e. The molecule has 0 fully saturated rings. The second-order valence-corrected chi connectivity index (χ2v) is 6.65. The maximum Gasteiger partial charge on any atom is 0.347 e. The van der Waals surface area contributed by atoms with Crippen molar-refractivity contribution >= 4 is 27.3 Å². The number of thiophene rings is 1. The number of sulfonamides is 1. The molecule has 6 nitrogen and oxygen atoms in total. The monoisotopic (exact) mass is 307 g/mol. The van der Waals surface area contributed by atoms with Crippen LogP contribution in [0, 0.1) is 6.92 Å². The van der Waals surface area contributed by atoms with Crippen LogP contribution in [0.3, 0.4) is 0 Å². The molecule has 108 valence electrons. The molecule has 1 atom stereocenters. The molecular weight excluding hydrogens is 290 g/mol. The highest BCUT2D eigenvalue weighted by Crippen LogP contribution is 2.27. The van der Waals surface area contributed by atoms with Gasteiger partial charge in [0.15, 0.2) is 0 Å². The predicted molar refractivity (Wildman–Crippen MR) is 72.1 cm³/mol. The number of aliphatic hydroxyl groups is 1. The summed E-state index contributed by atoms with van der Waals surface area (Å²) in [4.78, 5) is 10.7. The Bertz CT molecular complexity index is 549. The molecule has 0 aliphatic heterocycles. The average Bonchev–Trinajstić information content (AvgIpc) is 2.71. The molecule has 0 amide bonds. The van der Waals surface area contributed by atoms with Gasteiger partial charge >= 0.3 is 5.97 Å². The van der Waals surface area contributed by atoms with E-state index in [9.17, 15) is 13.2 Å². The summed E-state index contributed by atoms with van der Waals surface area (Å²) in [5, 5.41) is 19.4. The van der Waals surface area contributed by atoms with Crippen molar-refractivity contribution in [1.82, 2.24) is 4.72 Å². The Morgan fingerprint density at radius 3 is 2.63 bits per heavy atom. The zero-order valence-electron chi connectivity index (χ0n) is 10.7. The summed E-state index contributed by atoms with van der Waals surface area (Å²) < 4.78 is 26.9. The number of rotatable bonds is 7. The van der Waals surface area contributed by atoms with Crippen LogP contribution in [0.15, 0.2) is 10.3 Å². The molecule has 0 bridgehead atoms. The highest BCUT2D eigenvalue weighted by atomic mass is 32.2. The van der Waals surface area contributed by atoms with Crippen LogP contribution in [0.1, 0.15) is 35.0 Å². The third kappa shape index (κ3) is 3.75. The van der Waals surface area contributed by atoms with E-state index in [4.69, 9.17) is 10.2 Å². The van der Waals surface area contributed by atoms with Crippen molar-refractivity contribution in [1.29, 1.82) is 0 Å². The van der Waals surface area contributed by atoms with E-state index in [1.165, 1.54) is 5.38 Å². The van der Waals surface area contributed by atoms with E-state index >= 15 is 0 Å². The highest BCUT2D eigenvalue weighted by Gasteiger charge is 2.28. The minimum atomic E-state index is -3.89. The van der Waals surface area contributed by atoms with Gasteiger partial charge in [-0.1, -0.05) is 6.92 Å². The van der Waals surface area contributed by atoms with Crippen molar-refractivity contribution in [3.8, 4) is 0 Å². The molecular formula is C11H17NO5S2. The van der Waals surface area contributed by atoms with Crippen molar-refractivity contribution < 1.29 is 23.4 Å². The van der Waals surface area contributed by atoms with Crippen LogP contribution in [0.2, 0.25) is 0 Å². The number of hydrogen-bond acceptors (Lipinski definition) is 5. The fraction of sp³-hybridized carbons (Fsp3) is 0.545. The van der Waals surface area contributed by atoms with Crippen molar-refractivity contribution in [2.24, 2.45) is 0 Å². The lowest BCUT2D eigenvalue weighted by atomic mass is 10.2. The molecule has 0 saturated carbocycles. The topological polar surface area (TPSA) is 104 Å². The summed E-state index contributed by atoms with van der Waals surface area (Å²) in [5.41, 5.74) is 0.411. The first kappa shape index (κ1) is 16.1. The molecule has 8 heteroatoms. The zero-order chi connectivity index (χ0) is 14.6. The van der Waals surface area contributed by atoms with Crippen LogP contribution in [0.25, 0.3) is 0 Å². The minimum absolute atomic E-state index is 0.130. The Kier molecular flexibility index (Phi) is 5.48. The summed E-state index contributed by atoms with van der Waals surface area (Å²) >= 11 is 0.891. The summed E-state index contributed by atoms with van der Waals surface area (Å²) in [7, 11) is -3.89. The lowest BCUT2D eigenvalue weighted by Crippen LogP contribution is -2.35. The van der Waals surface area contributed by atoms with E-state index in [0.717, 1.165) is 11.3 Å². The first-order valence-electron chi connectivity index (χ1n) is 5.78. The SMILES string of the molecule is CCC(CCO)NS(=O)(=O)c1c(C)csc1C(=O)O. The summed E-state index contributed by atoms with van der Waals surface area (Å²) in [6, 6.07) is -0.407. The molecule has 0 aromatic carbocycles. The number of carboxylic acids is 1. The van der Waals surface area contributed by atoms with Crippen LogP contribution in [0.5, 0.6) is 0 Å². The molecule has 1 aromatic rings. The third-order valence-corrected chi connectivity index (χ3v) is 5.60. The Morgan fingerprint density at radius 2 is 2.16 bits per heavy atom. The minimum Gasteiger partial charge on any atom is -0.477 e. The molecule has 1 aromatic heterocycles. The molecule has 1 unspecified atom stereocenters. The van der Waals surface area contributed by atoms with E-state index in [1.807, 2.05) is 0 Å². The number of aryl methyl sites for hydroxylation is 1. The molecule has 0 aliphatic carbocycles. The molecule has 19 heavy (non-hydrogen) atoms. The Labute approximate surface area is 116 Å². The first-order valence-corrected chi connectivity index (χ1v) is 8.14. The van der Waals surface area contributed by atoms with Gasteiger partial charge in [0.2, 0.25) is 10.0 Å². The molecule has 3 N–H and O–H groups in total. The quantitative estimate of drug-likeness (QED) is 0.702. The predicted octanol–water partition coefficient (Wildman–Crippen LogP) is 1.19. The van der Waals surface area contributed by atoms with Crippen LogP contribution in [-0.4, -0.2) is 37.2 Å².